The molecule has 1 aromatic heterocycles. The lowest BCUT2D eigenvalue weighted by Crippen LogP contribution is -2.41. The molecule has 0 fully saturated rings. The maximum atomic E-state index is 13.6. The summed E-state index contributed by atoms with van der Waals surface area (Å²) in [6.07, 6.45) is 0. The Labute approximate surface area is 205 Å². The van der Waals surface area contributed by atoms with E-state index >= 15 is 0 Å². The third kappa shape index (κ3) is 5.07. The lowest BCUT2D eigenvalue weighted by atomic mass is 10.0. The van der Waals surface area contributed by atoms with Crippen LogP contribution in [0.25, 0.3) is 0 Å². The SMILES string of the molecule is COc1ccc(NC(=O)[C@H]2Sc3nnc(COc4ccccc4)n3N[C@H]2c2ccc(F)cc2)cc1. The molecular weight excluding hydrogens is 469 g/mol. The molecule has 1 amide bonds. The number of hydrogen-bond donors (Lipinski definition) is 2. The normalized spacial score (nSPS) is 16.6. The van der Waals surface area contributed by atoms with Crippen molar-refractivity contribution in [3.63, 3.8) is 0 Å². The van der Waals surface area contributed by atoms with Gasteiger partial charge in [-0.15, -0.1) is 10.2 Å². The number of benzene rings is 3. The topological polar surface area (TPSA) is 90.3 Å². The first kappa shape index (κ1) is 22.7. The molecule has 2 N–H and O–H groups in total. The monoisotopic (exact) mass is 491 g/mol. The molecule has 3 aromatic carbocycles. The van der Waals surface area contributed by atoms with Gasteiger partial charge in [0.05, 0.1) is 13.2 Å². The van der Waals surface area contributed by atoms with Gasteiger partial charge in [-0.2, -0.15) is 0 Å². The van der Waals surface area contributed by atoms with E-state index in [9.17, 15) is 9.18 Å². The summed E-state index contributed by atoms with van der Waals surface area (Å²) in [7, 11) is 1.58. The zero-order valence-electron chi connectivity index (χ0n) is 18.7. The minimum absolute atomic E-state index is 0.184. The zero-order valence-corrected chi connectivity index (χ0v) is 19.5. The molecule has 0 bridgehead atoms. The van der Waals surface area contributed by atoms with Gasteiger partial charge in [-0.3, -0.25) is 4.79 Å². The molecule has 1 aliphatic heterocycles. The highest BCUT2D eigenvalue weighted by Crippen LogP contribution is 2.37. The quantitative estimate of drug-likeness (QED) is 0.396. The van der Waals surface area contributed by atoms with Crippen LogP contribution in [0, 0.1) is 5.82 Å². The molecule has 178 valence electrons. The molecule has 0 unspecified atom stereocenters. The first-order valence-corrected chi connectivity index (χ1v) is 11.7. The molecule has 35 heavy (non-hydrogen) atoms. The number of aromatic nitrogens is 3. The van der Waals surface area contributed by atoms with Gasteiger partial charge in [0.15, 0.2) is 5.82 Å². The van der Waals surface area contributed by atoms with Crippen LogP contribution in [0.4, 0.5) is 10.1 Å². The fourth-order valence-corrected chi connectivity index (χ4v) is 4.76. The van der Waals surface area contributed by atoms with Crippen molar-refractivity contribution in [3.8, 4) is 11.5 Å². The number of nitrogens with one attached hydrogen (secondary N) is 2. The average molecular weight is 492 g/mol. The van der Waals surface area contributed by atoms with Crippen LogP contribution in [0.5, 0.6) is 11.5 Å². The van der Waals surface area contributed by atoms with Gasteiger partial charge < -0.3 is 20.2 Å². The van der Waals surface area contributed by atoms with Crippen molar-refractivity contribution in [2.75, 3.05) is 17.9 Å². The zero-order chi connectivity index (χ0) is 24.2. The van der Waals surface area contributed by atoms with Gasteiger partial charge in [-0.1, -0.05) is 42.1 Å². The Morgan fingerprint density at radius 3 is 2.49 bits per heavy atom. The van der Waals surface area contributed by atoms with E-state index in [1.54, 1.807) is 48.2 Å². The number of halogens is 1. The van der Waals surface area contributed by atoms with Crippen molar-refractivity contribution in [1.82, 2.24) is 14.9 Å². The molecule has 10 heteroatoms. The minimum atomic E-state index is -0.595. The Hall–Kier alpha value is -4.05. The summed E-state index contributed by atoms with van der Waals surface area (Å²) in [5.41, 5.74) is 4.73. The van der Waals surface area contributed by atoms with Crippen molar-refractivity contribution < 1.29 is 18.7 Å². The highest BCUT2D eigenvalue weighted by atomic mass is 32.2. The largest absolute Gasteiger partial charge is 0.497 e. The highest BCUT2D eigenvalue weighted by molar-refractivity contribution is 8.00. The third-order valence-corrected chi connectivity index (χ3v) is 6.68. The second kappa shape index (κ2) is 10.1. The van der Waals surface area contributed by atoms with Gasteiger partial charge in [0.1, 0.15) is 29.2 Å². The van der Waals surface area contributed by atoms with E-state index in [1.807, 2.05) is 30.3 Å². The number of rotatable bonds is 7. The molecule has 0 spiro atoms. The van der Waals surface area contributed by atoms with E-state index in [4.69, 9.17) is 9.47 Å². The number of amides is 1. The Balaban J connectivity index is 1.40. The number of para-hydroxylation sites is 1. The third-order valence-electron chi connectivity index (χ3n) is 5.46. The van der Waals surface area contributed by atoms with E-state index in [2.05, 4.69) is 20.9 Å². The molecule has 0 aliphatic carbocycles. The van der Waals surface area contributed by atoms with Crippen LogP contribution in [0.15, 0.2) is 84.0 Å². The minimum Gasteiger partial charge on any atom is -0.497 e. The summed E-state index contributed by atoms with van der Waals surface area (Å²) in [4.78, 5) is 13.3. The van der Waals surface area contributed by atoms with Crippen molar-refractivity contribution in [1.29, 1.82) is 0 Å². The van der Waals surface area contributed by atoms with Gasteiger partial charge in [-0.05, 0) is 54.1 Å². The number of hydrogen-bond acceptors (Lipinski definition) is 7. The van der Waals surface area contributed by atoms with E-state index in [0.29, 0.717) is 28.2 Å². The van der Waals surface area contributed by atoms with Crippen molar-refractivity contribution in [2.24, 2.45) is 0 Å². The number of fused-ring (bicyclic) bond motifs is 1. The summed E-state index contributed by atoms with van der Waals surface area (Å²) < 4.78 is 26.4. The Morgan fingerprint density at radius 2 is 1.77 bits per heavy atom. The van der Waals surface area contributed by atoms with Crippen LogP contribution >= 0.6 is 11.8 Å². The number of nitrogens with zero attached hydrogens (tertiary/aromatic N) is 3. The molecule has 8 nitrogen and oxygen atoms in total. The summed E-state index contributed by atoms with van der Waals surface area (Å²) in [5, 5.41) is 11.4. The second-order valence-corrected chi connectivity index (χ2v) is 8.86. The second-order valence-electron chi connectivity index (χ2n) is 7.75. The number of methoxy groups -OCH3 is 1. The lowest BCUT2D eigenvalue weighted by molar-refractivity contribution is -0.116. The maximum Gasteiger partial charge on any atom is 0.240 e. The van der Waals surface area contributed by atoms with Crippen molar-refractivity contribution >= 4 is 23.4 Å². The fourth-order valence-electron chi connectivity index (χ4n) is 3.66. The molecule has 2 atom stereocenters. The van der Waals surface area contributed by atoms with Crippen LogP contribution in [0.3, 0.4) is 0 Å². The first-order valence-electron chi connectivity index (χ1n) is 10.9. The standard InChI is InChI=1S/C25H22FN5O3S/c1-33-19-13-11-18(12-14-19)27-24(32)23-22(16-7-9-17(26)10-8-16)30-31-21(28-29-25(31)35-23)15-34-20-5-3-2-4-6-20/h2-14,22-23,30H,15H2,1H3,(H,27,32)/t22-,23-/m0/s1. The maximum absolute atomic E-state index is 13.6. The first-order chi connectivity index (χ1) is 17.1. The molecule has 0 saturated carbocycles. The predicted octanol–water partition coefficient (Wildman–Crippen LogP) is 4.40. The molecule has 1 aliphatic rings. The molecule has 0 saturated heterocycles. The van der Waals surface area contributed by atoms with Crippen LogP contribution in [-0.2, 0) is 11.4 Å². The van der Waals surface area contributed by atoms with Crippen LogP contribution < -0.4 is 20.2 Å². The number of carbonyl (C=O) groups is 1. The van der Waals surface area contributed by atoms with Gasteiger partial charge >= 0.3 is 0 Å². The summed E-state index contributed by atoms with van der Waals surface area (Å²) in [5.74, 6) is 1.38. The van der Waals surface area contributed by atoms with Crippen molar-refractivity contribution in [2.45, 2.75) is 23.1 Å². The molecular formula is C25H22FN5O3S. The smallest absolute Gasteiger partial charge is 0.240 e. The summed E-state index contributed by atoms with van der Waals surface area (Å²) >= 11 is 1.28. The van der Waals surface area contributed by atoms with Crippen molar-refractivity contribution in [3.05, 3.63) is 96.1 Å². The Morgan fingerprint density at radius 1 is 1.03 bits per heavy atom. The molecule has 2 heterocycles. The van der Waals surface area contributed by atoms with Gasteiger partial charge in [0, 0.05) is 5.69 Å². The van der Waals surface area contributed by atoms with E-state index in [1.165, 1.54) is 23.9 Å². The lowest BCUT2D eigenvalue weighted by Gasteiger charge is -2.33. The van der Waals surface area contributed by atoms with Crippen LogP contribution in [0.2, 0.25) is 0 Å². The number of ether oxygens (including phenoxy) is 2. The number of thioether (sulfide) groups is 1. The number of anilines is 1. The van der Waals surface area contributed by atoms with Crippen LogP contribution in [0.1, 0.15) is 17.4 Å². The Kier molecular flexibility index (Phi) is 6.53. The Bertz CT molecular complexity index is 1300. The highest BCUT2D eigenvalue weighted by Gasteiger charge is 2.38. The molecule has 0 radical (unpaired) electrons. The van der Waals surface area contributed by atoms with Gasteiger partial charge in [-0.25, -0.2) is 9.07 Å². The molecule has 5 rings (SSSR count). The van der Waals surface area contributed by atoms with Gasteiger partial charge in [0.25, 0.3) is 0 Å². The number of carbonyl (C=O) groups excluding carboxylic acids is 1. The van der Waals surface area contributed by atoms with E-state index < -0.39 is 11.3 Å². The summed E-state index contributed by atoms with van der Waals surface area (Å²) in [6.45, 7) is 0.184. The van der Waals surface area contributed by atoms with E-state index in [-0.39, 0.29) is 18.3 Å². The average Bonchev–Trinajstić information content (AvgIpc) is 3.30. The van der Waals surface area contributed by atoms with Gasteiger partial charge in [0.2, 0.25) is 11.1 Å². The molecule has 4 aromatic rings. The van der Waals surface area contributed by atoms with Crippen LogP contribution in [-0.4, -0.2) is 33.1 Å². The predicted molar refractivity (Wildman–Crippen MR) is 131 cm³/mol. The van der Waals surface area contributed by atoms with E-state index in [0.717, 1.165) is 5.56 Å². The summed E-state index contributed by atoms with van der Waals surface area (Å²) in [6, 6.07) is 22.1. The fraction of sp³-hybridized carbons (Fsp3) is 0.160.